The second-order valence-corrected chi connectivity index (χ2v) is 5.46. The summed E-state index contributed by atoms with van der Waals surface area (Å²) in [5.41, 5.74) is 2.47. The molecule has 2 aromatic rings. The van der Waals surface area contributed by atoms with E-state index in [0.717, 1.165) is 42.6 Å². The summed E-state index contributed by atoms with van der Waals surface area (Å²) >= 11 is 0. The Labute approximate surface area is 148 Å². The number of nitrogens with zero attached hydrogens (tertiary/aromatic N) is 4. The molecule has 130 valence electrons. The van der Waals surface area contributed by atoms with Gasteiger partial charge in [-0.15, -0.1) is 0 Å². The highest BCUT2D eigenvalue weighted by Crippen LogP contribution is 2.15. The molecule has 6 heteroatoms. The van der Waals surface area contributed by atoms with E-state index >= 15 is 0 Å². The highest BCUT2D eigenvalue weighted by molar-refractivity contribution is 6.12. The molecule has 0 amide bonds. The highest BCUT2D eigenvalue weighted by Gasteiger charge is 2.09. The van der Waals surface area contributed by atoms with E-state index in [2.05, 4.69) is 21.4 Å². The average molecular weight is 338 g/mol. The Hall–Kier alpha value is -2.94. The number of hydrogen-bond acceptors (Lipinski definition) is 6. The van der Waals surface area contributed by atoms with Crippen molar-refractivity contribution in [3.8, 4) is 11.8 Å². The Morgan fingerprint density at radius 1 is 1.04 bits per heavy atom. The first kappa shape index (κ1) is 18.4. The second kappa shape index (κ2) is 10.8. The van der Waals surface area contributed by atoms with Crippen LogP contribution in [0.5, 0.6) is 5.75 Å². The second-order valence-electron chi connectivity index (χ2n) is 5.46. The molecule has 1 aromatic heterocycles. The predicted octanol–water partition coefficient (Wildman–Crippen LogP) is 3.73. The maximum absolute atomic E-state index is 8.51. The van der Waals surface area contributed by atoms with Crippen LogP contribution in [0.25, 0.3) is 0 Å². The van der Waals surface area contributed by atoms with Crippen molar-refractivity contribution >= 4 is 5.71 Å². The minimum Gasteiger partial charge on any atom is -0.497 e. The van der Waals surface area contributed by atoms with E-state index < -0.39 is 0 Å². The summed E-state index contributed by atoms with van der Waals surface area (Å²) in [5.74, 6) is 0.786. The number of rotatable bonds is 10. The molecule has 0 unspecified atom stereocenters. The van der Waals surface area contributed by atoms with Gasteiger partial charge in [-0.05, 0) is 49.6 Å². The first-order valence-corrected chi connectivity index (χ1v) is 8.33. The third-order valence-electron chi connectivity index (χ3n) is 3.65. The summed E-state index contributed by atoms with van der Waals surface area (Å²) in [4.78, 5) is 5.51. The summed E-state index contributed by atoms with van der Waals surface area (Å²) in [5, 5.41) is 20.5. The number of benzene rings is 1. The zero-order valence-electron chi connectivity index (χ0n) is 14.4. The molecule has 1 aromatic carbocycles. The lowest BCUT2D eigenvalue weighted by Crippen LogP contribution is -2.06. The zero-order chi connectivity index (χ0) is 17.7. The van der Waals surface area contributed by atoms with Gasteiger partial charge in [0.2, 0.25) is 0 Å². The topological polar surface area (TPSA) is 80.4 Å². The van der Waals surface area contributed by atoms with E-state index in [9.17, 15) is 0 Å². The monoisotopic (exact) mass is 338 g/mol. The van der Waals surface area contributed by atoms with Crippen molar-refractivity contribution < 1.29 is 9.57 Å². The average Bonchev–Trinajstić information content (AvgIpc) is 2.68. The van der Waals surface area contributed by atoms with E-state index in [0.29, 0.717) is 18.7 Å². The maximum Gasteiger partial charge on any atom is 0.118 e. The molecule has 0 spiro atoms. The summed E-state index contributed by atoms with van der Waals surface area (Å²) in [6.45, 7) is 0.546. The van der Waals surface area contributed by atoms with Gasteiger partial charge in [0.25, 0.3) is 0 Å². The lowest BCUT2D eigenvalue weighted by molar-refractivity contribution is 0.140. The predicted molar refractivity (Wildman–Crippen MR) is 95.3 cm³/mol. The van der Waals surface area contributed by atoms with Crippen LogP contribution in [0.3, 0.4) is 0 Å². The van der Waals surface area contributed by atoms with Gasteiger partial charge in [0, 0.05) is 17.5 Å². The van der Waals surface area contributed by atoms with Gasteiger partial charge in [0.1, 0.15) is 18.1 Å². The molecule has 6 nitrogen and oxygen atoms in total. The fourth-order valence-corrected chi connectivity index (χ4v) is 2.29. The maximum atomic E-state index is 8.51. The van der Waals surface area contributed by atoms with Gasteiger partial charge in [-0.2, -0.15) is 15.5 Å². The Bertz CT molecular complexity index is 694. The Kier molecular flexibility index (Phi) is 7.92. The number of methoxy groups -OCH3 is 1. The fraction of sp³-hybridized carbons (Fsp3) is 0.368. The molecule has 0 bridgehead atoms. The Morgan fingerprint density at radius 3 is 2.52 bits per heavy atom. The van der Waals surface area contributed by atoms with Crippen LogP contribution >= 0.6 is 0 Å². The molecule has 1 heterocycles. The molecule has 0 radical (unpaired) electrons. The van der Waals surface area contributed by atoms with Crippen molar-refractivity contribution in [2.75, 3.05) is 13.7 Å². The molecular weight excluding hydrogens is 316 g/mol. The van der Waals surface area contributed by atoms with Crippen molar-refractivity contribution in [1.82, 2.24) is 10.2 Å². The van der Waals surface area contributed by atoms with Gasteiger partial charge in [0.05, 0.1) is 25.6 Å². The third-order valence-corrected chi connectivity index (χ3v) is 3.65. The normalized spacial score (nSPS) is 11.0. The number of unbranched alkanes of at least 4 members (excludes halogenated alkanes) is 4. The SMILES string of the molecule is COc1ccc(/C(=N/OCCCCCCC#N)c2ccnnc2)cc1. The largest absolute Gasteiger partial charge is 0.497 e. The minimum absolute atomic E-state index is 0.546. The third kappa shape index (κ3) is 6.22. The molecule has 0 saturated carbocycles. The van der Waals surface area contributed by atoms with Crippen LogP contribution in [0.4, 0.5) is 0 Å². The van der Waals surface area contributed by atoms with E-state index in [4.69, 9.17) is 14.8 Å². The van der Waals surface area contributed by atoms with E-state index in [1.807, 2.05) is 30.3 Å². The van der Waals surface area contributed by atoms with Gasteiger partial charge >= 0.3 is 0 Å². The summed E-state index contributed by atoms with van der Waals surface area (Å²) in [7, 11) is 1.64. The summed E-state index contributed by atoms with van der Waals surface area (Å²) in [6.07, 6.45) is 7.85. The number of oxime groups is 1. The number of aromatic nitrogens is 2. The lowest BCUT2D eigenvalue weighted by atomic mass is 10.0. The van der Waals surface area contributed by atoms with Crippen LogP contribution in [0.2, 0.25) is 0 Å². The van der Waals surface area contributed by atoms with Crippen molar-refractivity contribution in [1.29, 1.82) is 5.26 Å². The molecule has 0 saturated heterocycles. The molecule has 0 fully saturated rings. The van der Waals surface area contributed by atoms with Crippen LogP contribution in [-0.4, -0.2) is 29.6 Å². The fourth-order valence-electron chi connectivity index (χ4n) is 2.29. The quantitative estimate of drug-likeness (QED) is 0.374. The van der Waals surface area contributed by atoms with E-state index in [1.54, 1.807) is 19.5 Å². The molecule has 0 aliphatic carbocycles. The van der Waals surface area contributed by atoms with Crippen molar-refractivity contribution in [2.45, 2.75) is 32.1 Å². The first-order valence-electron chi connectivity index (χ1n) is 8.33. The molecule has 25 heavy (non-hydrogen) atoms. The molecule has 0 N–H and O–H groups in total. The van der Waals surface area contributed by atoms with Gasteiger partial charge in [-0.1, -0.05) is 11.6 Å². The summed E-state index contributed by atoms with van der Waals surface area (Å²) in [6, 6.07) is 11.6. The summed E-state index contributed by atoms with van der Waals surface area (Å²) < 4.78 is 5.19. The number of ether oxygens (including phenoxy) is 1. The standard InChI is InChI=1S/C19H22N4O2/c1-24-18-9-7-16(8-10-18)19(17-11-13-21-22-15-17)23-25-14-6-4-2-3-5-12-20/h7-11,13,15H,2-6,14H2,1H3/b23-19-. The molecule has 0 atom stereocenters. The van der Waals surface area contributed by atoms with Gasteiger partial charge in [0.15, 0.2) is 0 Å². The van der Waals surface area contributed by atoms with E-state index in [1.165, 1.54) is 0 Å². The first-order chi connectivity index (χ1) is 12.3. The molecule has 0 aliphatic rings. The van der Waals surface area contributed by atoms with Crippen LogP contribution in [0.1, 0.15) is 43.2 Å². The molecule has 0 aliphatic heterocycles. The van der Waals surface area contributed by atoms with Gasteiger partial charge < -0.3 is 9.57 Å². The van der Waals surface area contributed by atoms with Crippen LogP contribution in [0.15, 0.2) is 47.9 Å². The van der Waals surface area contributed by atoms with Gasteiger partial charge in [-0.3, -0.25) is 0 Å². The van der Waals surface area contributed by atoms with Crippen molar-refractivity contribution in [3.63, 3.8) is 0 Å². The van der Waals surface area contributed by atoms with Crippen molar-refractivity contribution in [2.24, 2.45) is 5.16 Å². The molecule has 2 rings (SSSR count). The molecular formula is C19H22N4O2. The number of hydrogen-bond donors (Lipinski definition) is 0. The van der Waals surface area contributed by atoms with Gasteiger partial charge in [-0.25, -0.2) is 0 Å². The number of nitriles is 1. The van der Waals surface area contributed by atoms with Crippen LogP contribution in [0, 0.1) is 11.3 Å². The van der Waals surface area contributed by atoms with Crippen LogP contribution in [-0.2, 0) is 4.84 Å². The zero-order valence-corrected chi connectivity index (χ0v) is 14.4. The van der Waals surface area contributed by atoms with Crippen molar-refractivity contribution in [3.05, 3.63) is 53.9 Å². The Morgan fingerprint density at radius 2 is 1.84 bits per heavy atom. The smallest absolute Gasteiger partial charge is 0.118 e. The van der Waals surface area contributed by atoms with E-state index in [-0.39, 0.29) is 0 Å². The highest BCUT2D eigenvalue weighted by atomic mass is 16.6. The minimum atomic E-state index is 0.546. The Balaban J connectivity index is 1.99. The lowest BCUT2D eigenvalue weighted by Gasteiger charge is -2.08. The van der Waals surface area contributed by atoms with Crippen LogP contribution < -0.4 is 4.74 Å².